The number of carboxylic acid groups (broad SMARTS) is 1. The summed E-state index contributed by atoms with van der Waals surface area (Å²) in [6.45, 7) is 1.81. The van der Waals surface area contributed by atoms with Gasteiger partial charge >= 0.3 is 5.97 Å². The maximum atomic E-state index is 10.6. The molecule has 0 fully saturated rings. The van der Waals surface area contributed by atoms with E-state index in [4.69, 9.17) is 5.11 Å². The predicted molar refractivity (Wildman–Crippen MR) is 44.7 cm³/mol. The van der Waals surface area contributed by atoms with E-state index in [1.165, 1.54) is 12.3 Å². The number of aryl methyl sites for hydroxylation is 1. The number of fused-ring (bicyclic) bond motifs is 1. The lowest BCUT2D eigenvalue weighted by atomic mass is 10.3. The number of nitrogens with zero attached hydrogens (tertiary/aromatic N) is 3. The maximum absolute atomic E-state index is 10.6. The summed E-state index contributed by atoms with van der Waals surface area (Å²) >= 11 is 0. The van der Waals surface area contributed by atoms with E-state index in [0.29, 0.717) is 5.65 Å². The predicted octanol–water partition coefficient (Wildman–Crippen LogP) is 0.736. The highest BCUT2D eigenvalue weighted by atomic mass is 16.4. The first-order chi connectivity index (χ1) is 6.18. The summed E-state index contributed by atoms with van der Waals surface area (Å²) in [5, 5.41) is 8.71. The fourth-order valence-corrected chi connectivity index (χ4v) is 1.18. The molecule has 0 amide bonds. The molecule has 13 heavy (non-hydrogen) atoms. The van der Waals surface area contributed by atoms with Crippen molar-refractivity contribution in [1.82, 2.24) is 14.4 Å². The van der Waals surface area contributed by atoms with Gasteiger partial charge in [0.25, 0.3) is 0 Å². The van der Waals surface area contributed by atoms with Gasteiger partial charge in [0.2, 0.25) is 0 Å². The molecule has 66 valence electrons. The smallest absolute Gasteiger partial charge is 0.354 e. The van der Waals surface area contributed by atoms with Crippen molar-refractivity contribution < 1.29 is 9.90 Å². The highest BCUT2D eigenvalue weighted by molar-refractivity contribution is 5.86. The van der Waals surface area contributed by atoms with Gasteiger partial charge in [-0.1, -0.05) is 0 Å². The summed E-state index contributed by atoms with van der Waals surface area (Å²) in [5.41, 5.74) is 1.41. The molecular formula is C8H7N3O2. The zero-order valence-corrected chi connectivity index (χ0v) is 6.93. The van der Waals surface area contributed by atoms with Gasteiger partial charge in [-0.3, -0.25) is 4.40 Å². The highest BCUT2D eigenvalue weighted by Crippen LogP contribution is 2.06. The summed E-state index contributed by atoms with van der Waals surface area (Å²) in [6, 6.07) is 1.51. The van der Waals surface area contributed by atoms with Gasteiger partial charge in [0, 0.05) is 5.69 Å². The van der Waals surface area contributed by atoms with Crippen LogP contribution in [0, 0.1) is 6.92 Å². The first-order valence-electron chi connectivity index (χ1n) is 3.71. The molecule has 2 aromatic heterocycles. The van der Waals surface area contributed by atoms with Crippen LogP contribution in [0.15, 0.2) is 18.6 Å². The molecule has 1 N–H and O–H groups in total. The quantitative estimate of drug-likeness (QED) is 0.697. The monoisotopic (exact) mass is 177 g/mol. The highest BCUT2D eigenvalue weighted by Gasteiger charge is 2.07. The normalized spacial score (nSPS) is 10.5. The van der Waals surface area contributed by atoms with E-state index in [0.717, 1.165) is 5.69 Å². The van der Waals surface area contributed by atoms with Crippen molar-refractivity contribution in [3.63, 3.8) is 0 Å². The zero-order chi connectivity index (χ0) is 9.42. The SMILES string of the molecule is Cc1cc(C(=O)O)nc2cncn12. The van der Waals surface area contributed by atoms with Crippen LogP contribution in [0.4, 0.5) is 0 Å². The van der Waals surface area contributed by atoms with E-state index in [1.54, 1.807) is 10.7 Å². The van der Waals surface area contributed by atoms with E-state index < -0.39 is 5.97 Å². The molecular weight excluding hydrogens is 170 g/mol. The van der Waals surface area contributed by atoms with E-state index in [2.05, 4.69) is 9.97 Å². The average Bonchev–Trinajstić information content (AvgIpc) is 2.51. The molecule has 0 bridgehead atoms. The third-order valence-electron chi connectivity index (χ3n) is 1.80. The van der Waals surface area contributed by atoms with Crippen molar-refractivity contribution >= 4 is 11.6 Å². The lowest BCUT2D eigenvalue weighted by Crippen LogP contribution is -2.03. The Balaban J connectivity index is 2.77. The number of imidazole rings is 1. The summed E-state index contributed by atoms with van der Waals surface area (Å²) in [5.74, 6) is -1.02. The van der Waals surface area contributed by atoms with Crippen molar-refractivity contribution in [2.24, 2.45) is 0 Å². The third kappa shape index (κ3) is 1.14. The van der Waals surface area contributed by atoms with Crippen LogP contribution in [-0.4, -0.2) is 25.4 Å². The number of aromatic nitrogens is 3. The van der Waals surface area contributed by atoms with Crippen LogP contribution in [0.25, 0.3) is 5.65 Å². The molecule has 0 aliphatic heterocycles. The largest absolute Gasteiger partial charge is 0.477 e. The molecule has 0 atom stereocenters. The first-order valence-corrected chi connectivity index (χ1v) is 3.71. The molecule has 5 nitrogen and oxygen atoms in total. The van der Waals surface area contributed by atoms with Crippen LogP contribution in [0.5, 0.6) is 0 Å². The first kappa shape index (κ1) is 7.72. The van der Waals surface area contributed by atoms with Crippen LogP contribution in [-0.2, 0) is 0 Å². The zero-order valence-electron chi connectivity index (χ0n) is 6.93. The Labute approximate surface area is 73.7 Å². The summed E-state index contributed by atoms with van der Waals surface area (Å²) in [4.78, 5) is 18.4. The van der Waals surface area contributed by atoms with Crippen LogP contribution in [0.1, 0.15) is 16.2 Å². The molecule has 0 radical (unpaired) electrons. The second-order valence-corrected chi connectivity index (χ2v) is 2.71. The van der Waals surface area contributed by atoms with Gasteiger partial charge in [0.05, 0.1) is 6.20 Å². The molecule has 2 heterocycles. The van der Waals surface area contributed by atoms with Crippen molar-refractivity contribution in [2.45, 2.75) is 6.92 Å². The second kappa shape index (κ2) is 2.55. The standard InChI is InChI=1S/C8H7N3O2/c1-5-2-6(8(12)13)10-7-3-9-4-11(5)7/h2-4H,1H3,(H,12,13). The maximum Gasteiger partial charge on any atom is 0.354 e. The topological polar surface area (TPSA) is 67.5 Å². The van der Waals surface area contributed by atoms with Gasteiger partial charge in [-0.25, -0.2) is 14.8 Å². The molecule has 0 saturated carbocycles. The minimum Gasteiger partial charge on any atom is -0.477 e. The Kier molecular flexibility index (Phi) is 1.51. The van der Waals surface area contributed by atoms with Crippen molar-refractivity contribution in [3.8, 4) is 0 Å². The van der Waals surface area contributed by atoms with E-state index in [1.807, 2.05) is 6.92 Å². The van der Waals surface area contributed by atoms with E-state index in [-0.39, 0.29) is 5.69 Å². The Morgan fingerprint density at radius 2 is 2.38 bits per heavy atom. The number of carbonyl (C=O) groups is 1. The van der Waals surface area contributed by atoms with Gasteiger partial charge in [-0.05, 0) is 13.0 Å². The number of carboxylic acids is 1. The fraction of sp³-hybridized carbons (Fsp3) is 0.125. The van der Waals surface area contributed by atoms with Crippen LogP contribution in [0.2, 0.25) is 0 Å². The Morgan fingerprint density at radius 3 is 3.08 bits per heavy atom. The molecule has 2 rings (SSSR count). The van der Waals surface area contributed by atoms with Crippen LogP contribution >= 0.6 is 0 Å². The number of rotatable bonds is 1. The van der Waals surface area contributed by atoms with Gasteiger partial charge in [0.15, 0.2) is 11.3 Å². The lowest BCUT2D eigenvalue weighted by Gasteiger charge is -2.00. The molecule has 0 aliphatic rings. The van der Waals surface area contributed by atoms with E-state index >= 15 is 0 Å². The minimum absolute atomic E-state index is 0.0468. The minimum atomic E-state index is -1.02. The number of hydrogen-bond donors (Lipinski definition) is 1. The van der Waals surface area contributed by atoms with Gasteiger partial charge in [-0.2, -0.15) is 0 Å². The molecule has 0 aliphatic carbocycles. The lowest BCUT2D eigenvalue weighted by molar-refractivity contribution is 0.0690. The summed E-state index contributed by atoms with van der Waals surface area (Å²) in [6.07, 6.45) is 3.13. The van der Waals surface area contributed by atoms with Crippen molar-refractivity contribution in [2.75, 3.05) is 0 Å². The number of aromatic carboxylic acids is 1. The molecule has 5 heteroatoms. The summed E-state index contributed by atoms with van der Waals surface area (Å²) in [7, 11) is 0. The fourth-order valence-electron chi connectivity index (χ4n) is 1.18. The van der Waals surface area contributed by atoms with Gasteiger partial charge in [-0.15, -0.1) is 0 Å². The van der Waals surface area contributed by atoms with Crippen LogP contribution < -0.4 is 0 Å². The Bertz CT molecular complexity index is 475. The van der Waals surface area contributed by atoms with Gasteiger partial charge in [0.1, 0.15) is 6.33 Å². The van der Waals surface area contributed by atoms with Crippen molar-refractivity contribution in [3.05, 3.63) is 30.0 Å². The second-order valence-electron chi connectivity index (χ2n) is 2.71. The van der Waals surface area contributed by atoms with Gasteiger partial charge < -0.3 is 5.11 Å². The number of hydrogen-bond acceptors (Lipinski definition) is 3. The molecule has 2 aromatic rings. The molecule has 0 saturated heterocycles. The molecule has 0 spiro atoms. The molecule has 0 unspecified atom stereocenters. The van der Waals surface area contributed by atoms with Crippen molar-refractivity contribution in [1.29, 1.82) is 0 Å². The Morgan fingerprint density at radius 1 is 1.62 bits per heavy atom. The summed E-state index contributed by atoms with van der Waals surface area (Å²) < 4.78 is 1.73. The van der Waals surface area contributed by atoms with Crippen LogP contribution in [0.3, 0.4) is 0 Å². The average molecular weight is 177 g/mol. The third-order valence-corrected chi connectivity index (χ3v) is 1.80. The molecule has 0 aromatic carbocycles. The van der Waals surface area contributed by atoms with E-state index in [9.17, 15) is 4.79 Å². The Hall–Kier alpha value is -1.91.